The molecule has 2 nitrogen and oxygen atoms in total. The standard InChI is InChI=1S/C9H19NOS/c1-7(2)5-8(3)10(4)9(11)6-12/h7-8,12H,5-6H2,1-4H3. The van der Waals surface area contributed by atoms with Gasteiger partial charge in [-0.05, 0) is 19.3 Å². The molecule has 1 amide bonds. The number of carbonyl (C=O) groups excluding carboxylic acids is 1. The number of hydrogen-bond acceptors (Lipinski definition) is 2. The van der Waals surface area contributed by atoms with E-state index < -0.39 is 0 Å². The summed E-state index contributed by atoms with van der Waals surface area (Å²) in [6.07, 6.45) is 1.05. The van der Waals surface area contributed by atoms with Crippen LogP contribution >= 0.6 is 12.6 Å². The maximum Gasteiger partial charge on any atom is 0.232 e. The summed E-state index contributed by atoms with van der Waals surface area (Å²) in [4.78, 5) is 13.0. The Morgan fingerprint density at radius 1 is 1.42 bits per heavy atom. The van der Waals surface area contributed by atoms with Crippen molar-refractivity contribution >= 4 is 18.5 Å². The van der Waals surface area contributed by atoms with Gasteiger partial charge in [0.05, 0.1) is 5.75 Å². The molecule has 0 aliphatic carbocycles. The van der Waals surface area contributed by atoms with Gasteiger partial charge < -0.3 is 4.90 Å². The SMILES string of the molecule is CC(C)CC(C)N(C)C(=O)CS. The molecule has 0 fully saturated rings. The van der Waals surface area contributed by atoms with Crippen molar-refractivity contribution in [3.8, 4) is 0 Å². The van der Waals surface area contributed by atoms with Crippen molar-refractivity contribution in [2.75, 3.05) is 12.8 Å². The van der Waals surface area contributed by atoms with Gasteiger partial charge in [0.25, 0.3) is 0 Å². The minimum Gasteiger partial charge on any atom is -0.342 e. The smallest absolute Gasteiger partial charge is 0.232 e. The van der Waals surface area contributed by atoms with Gasteiger partial charge in [-0.1, -0.05) is 13.8 Å². The summed E-state index contributed by atoms with van der Waals surface area (Å²) in [5.41, 5.74) is 0. The minimum atomic E-state index is 0.103. The molecule has 0 bridgehead atoms. The summed E-state index contributed by atoms with van der Waals surface area (Å²) >= 11 is 3.95. The van der Waals surface area contributed by atoms with Crippen molar-refractivity contribution in [2.24, 2.45) is 5.92 Å². The molecule has 12 heavy (non-hydrogen) atoms. The van der Waals surface area contributed by atoms with E-state index in [1.165, 1.54) is 0 Å². The van der Waals surface area contributed by atoms with E-state index in [2.05, 4.69) is 33.4 Å². The fourth-order valence-electron chi connectivity index (χ4n) is 1.20. The van der Waals surface area contributed by atoms with Gasteiger partial charge in [0.15, 0.2) is 0 Å². The van der Waals surface area contributed by atoms with Crippen LogP contribution in [0.1, 0.15) is 27.2 Å². The summed E-state index contributed by atoms with van der Waals surface area (Å²) in [6.45, 7) is 6.40. The maximum absolute atomic E-state index is 11.2. The number of thiol groups is 1. The predicted molar refractivity (Wildman–Crippen MR) is 55.5 cm³/mol. The molecule has 0 saturated carbocycles. The van der Waals surface area contributed by atoms with Crippen LogP contribution in [0.15, 0.2) is 0 Å². The lowest BCUT2D eigenvalue weighted by atomic mass is 10.0. The van der Waals surface area contributed by atoms with E-state index in [1.807, 2.05) is 7.05 Å². The normalized spacial score (nSPS) is 13.2. The summed E-state index contributed by atoms with van der Waals surface area (Å²) in [5, 5.41) is 0. The molecule has 0 aromatic heterocycles. The van der Waals surface area contributed by atoms with Crippen molar-refractivity contribution in [1.82, 2.24) is 4.90 Å². The monoisotopic (exact) mass is 189 g/mol. The molecule has 0 aromatic carbocycles. The largest absolute Gasteiger partial charge is 0.342 e. The third kappa shape index (κ3) is 4.00. The summed E-state index contributed by atoms with van der Waals surface area (Å²) in [5.74, 6) is 1.04. The van der Waals surface area contributed by atoms with Crippen LogP contribution in [0.5, 0.6) is 0 Å². The Balaban J connectivity index is 3.91. The van der Waals surface area contributed by atoms with Crippen LogP contribution in [-0.4, -0.2) is 29.6 Å². The second-order valence-electron chi connectivity index (χ2n) is 3.64. The van der Waals surface area contributed by atoms with Crippen LogP contribution in [0, 0.1) is 5.92 Å². The first-order chi connectivity index (χ1) is 5.49. The second-order valence-corrected chi connectivity index (χ2v) is 3.96. The van der Waals surface area contributed by atoms with Crippen molar-refractivity contribution < 1.29 is 4.79 Å². The Bertz CT molecular complexity index is 147. The Labute approximate surface area is 80.7 Å². The van der Waals surface area contributed by atoms with Crippen molar-refractivity contribution in [3.63, 3.8) is 0 Å². The zero-order valence-electron chi connectivity index (χ0n) is 8.37. The van der Waals surface area contributed by atoms with Crippen molar-refractivity contribution in [1.29, 1.82) is 0 Å². The van der Waals surface area contributed by atoms with Crippen molar-refractivity contribution in [2.45, 2.75) is 33.2 Å². The third-order valence-electron chi connectivity index (χ3n) is 2.00. The van der Waals surface area contributed by atoms with E-state index in [4.69, 9.17) is 0 Å². The average molecular weight is 189 g/mol. The molecule has 1 unspecified atom stereocenters. The highest BCUT2D eigenvalue weighted by Crippen LogP contribution is 2.09. The summed E-state index contributed by atoms with van der Waals surface area (Å²) in [7, 11) is 1.84. The van der Waals surface area contributed by atoms with Gasteiger partial charge >= 0.3 is 0 Å². The second kappa shape index (κ2) is 5.46. The fraction of sp³-hybridized carbons (Fsp3) is 0.889. The quantitative estimate of drug-likeness (QED) is 0.669. The van der Waals surface area contributed by atoms with E-state index in [9.17, 15) is 4.79 Å². The lowest BCUT2D eigenvalue weighted by Gasteiger charge is -2.25. The average Bonchev–Trinajstić information content (AvgIpc) is 2.00. The molecule has 0 aliphatic heterocycles. The molecule has 0 aliphatic rings. The van der Waals surface area contributed by atoms with E-state index in [0.29, 0.717) is 17.7 Å². The Kier molecular flexibility index (Phi) is 5.38. The topological polar surface area (TPSA) is 20.3 Å². The third-order valence-corrected chi connectivity index (χ3v) is 2.27. The highest BCUT2D eigenvalue weighted by atomic mass is 32.1. The van der Waals surface area contributed by atoms with E-state index in [-0.39, 0.29) is 5.91 Å². The molecule has 0 N–H and O–H groups in total. The van der Waals surface area contributed by atoms with Crippen LogP contribution in [0.2, 0.25) is 0 Å². The zero-order valence-corrected chi connectivity index (χ0v) is 9.27. The first kappa shape index (κ1) is 11.8. The molecule has 0 rings (SSSR count). The molecule has 72 valence electrons. The number of amides is 1. The Hall–Kier alpha value is -0.180. The lowest BCUT2D eigenvalue weighted by molar-refractivity contribution is -0.129. The van der Waals surface area contributed by atoms with Gasteiger partial charge in [-0.3, -0.25) is 4.79 Å². The molecule has 0 radical (unpaired) electrons. The molecule has 1 atom stereocenters. The summed E-state index contributed by atoms with van der Waals surface area (Å²) < 4.78 is 0. The van der Waals surface area contributed by atoms with Crippen LogP contribution in [-0.2, 0) is 4.79 Å². The van der Waals surface area contributed by atoms with Gasteiger partial charge in [0.2, 0.25) is 5.91 Å². The Morgan fingerprint density at radius 3 is 2.25 bits per heavy atom. The molecular weight excluding hydrogens is 170 g/mol. The number of nitrogens with zero attached hydrogens (tertiary/aromatic N) is 1. The van der Waals surface area contributed by atoms with Gasteiger partial charge in [-0.15, -0.1) is 0 Å². The molecule has 3 heteroatoms. The highest BCUT2D eigenvalue weighted by Gasteiger charge is 2.14. The Morgan fingerprint density at radius 2 is 1.92 bits per heavy atom. The molecule has 0 spiro atoms. The molecule has 0 saturated heterocycles. The zero-order chi connectivity index (χ0) is 9.72. The summed E-state index contributed by atoms with van der Waals surface area (Å²) in [6, 6.07) is 0.324. The molecule has 0 heterocycles. The number of carbonyl (C=O) groups is 1. The number of rotatable bonds is 4. The van der Waals surface area contributed by atoms with Gasteiger partial charge in [-0.2, -0.15) is 12.6 Å². The van der Waals surface area contributed by atoms with Crippen LogP contribution in [0.3, 0.4) is 0 Å². The fourth-order valence-corrected chi connectivity index (χ4v) is 1.42. The molecule has 0 aromatic rings. The minimum absolute atomic E-state index is 0.103. The van der Waals surface area contributed by atoms with Crippen molar-refractivity contribution in [3.05, 3.63) is 0 Å². The lowest BCUT2D eigenvalue weighted by Crippen LogP contribution is -2.36. The first-order valence-electron chi connectivity index (χ1n) is 4.35. The highest BCUT2D eigenvalue weighted by molar-refractivity contribution is 7.81. The number of hydrogen-bond donors (Lipinski definition) is 1. The van der Waals surface area contributed by atoms with E-state index in [0.717, 1.165) is 6.42 Å². The van der Waals surface area contributed by atoms with Crippen LogP contribution in [0.25, 0.3) is 0 Å². The van der Waals surface area contributed by atoms with Gasteiger partial charge in [0.1, 0.15) is 0 Å². The van der Waals surface area contributed by atoms with Crippen LogP contribution < -0.4 is 0 Å². The first-order valence-corrected chi connectivity index (χ1v) is 4.98. The van der Waals surface area contributed by atoms with Gasteiger partial charge in [-0.25, -0.2) is 0 Å². The van der Waals surface area contributed by atoms with E-state index >= 15 is 0 Å². The maximum atomic E-state index is 11.2. The van der Waals surface area contributed by atoms with E-state index in [1.54, 1.807) is 4.90 Å². The van der Waals surface area contributed by atoms with Crippen LogP contribution in [0.4, 0.5) is 0 Å². The van der Waals surface area contributed by atoms with Gasteiger partial charge in [0, 0.05) is 13.1 Å². The molecular formula is C9H19NOS. The predicted octanol–water partition coefficient (Wildman–Crippen LogP) is 1.81.